The standard InChI is InChI=1S/C15H20BrN3O2/c1-8-4-5-21-14(8)13(17)9-6-11-12(7-10(9)16)19(3)15(20)18(11)2/h6-8,13-14H,4-5,17H2,1-3H3. The molecular formula is C15H20BrN3O2. The van der Waals surface area contributed by atoms with Crippen molar-refractivity contribution in [3.63, 3.8) is 0 Å². The van der Waals surface area contributed by atoms with E-state index in [1.165, 1.54) is 0 Å². The molecule has 1 fully saturated rings. The predicted molar refractivity (Wildman–Crippen MR) is 86.3 cm³/mol. The lowest BCUT2D eigenvalue weighted by Gasteiger charge is -2.24. The topological polar surface area (TPSA) is 62.2 Å². The summed E-state index contributed by atoms with van der Waals surface area (Å²) in [6.07, 6.45) is 1.07. The molecule has 1 aromatic carbocycles. The zero-order valence-electron chi connectivity index (χ0n) is 12.5. The number of aromatic nitrogens is 2. The number of hydrogen-bond donors (Lipinski definition) is 1. The smallest absolute Gasteiger partial charge is 0.328 e. The minimum atomic E-state index is -0.198. The second-order valence-electron chi connectivity index (χ2n) is 5.89. The van der Waals surface area contributed by atoms with Gasteiger partial charge in [0.15, 0.2) is 0 Å². The van der Waals surface area contributed by atoms with E-state index in [2.05, 4.69) is 22.9 Å². The van der Waals surface area contributed by atoms with Gasteiger partial charge in [-0.15, -0.1) is 0 Å². The lowest BCUT2D eigenvalue weighted by molar-refractivity contribution is 0.0723. The fraction of sp³-hybridized carbons (Fsp3) is 0.533. The molecule has 2 N–H and O–H groups in total. The number of halogens is 1. The molecular weight excluding hydrogens is 334 g/mol. The van der Waals surface area contributed by atoms with E-state index in [0.29, 0.717) is 5.92 Å². The van der Waals surface area contributed by atoms with Crippen LogP contribution >= 0.6 is 15.9 Å². The third-order valence-electron chi connectivity index (χ3n) is 4.55. The molecule has 0 bridgehead atoms. The first-order valence-electron chi connectivity index (χ1n) is 7.14. The summed E-state index contributed by atoms with van der Waals surface area (Å²) < 4.78 is 10.0. The Morgan fingerprint density at radius 3 is 2.52 bits per heavy atom. The van der Waals surface area contributed by atoms with Crippen LogP contribution in [-0.4, -0.2) is 21.8 Å². The van der Waals surface area contributed by atoms with E-state index in [4.69, 9.17) is 10.5 Å². The van der Waals surface area contributed by atoms with Gasteiger partial charge < -0.3 is 10.5 Å². The average Bonchev–Trinajstić information content (AvgIpc) is 2.97. The molecule has 1 aromatic heterocycles. The monoisotopic (exact) mass is 353 g/mol. The quantitative estimate of drug-likeness (QED) is 0.898. The zero-order valence-corrected chi connectivity index (χ0v) is 14.1. The van der Waals surface area contributed by atoms with Gasteiger partial charge in [0.25, 0.3) is 0 Å². The van der Waals surface area contributed by atoms with Crippen molar-refractivity contribution in [1.82, 2.24) is 9.13 Å². The fourth-order valence-corrected chi connectivity index (χ4v) is 3.74. The van der Waals surface area contributed by atoms with Gasteiger partial charge >= 0.3 is 5.69 Å². The van der Waals surface area contributed by atoms with Crippen LogP contribution in [0.5, 0.6) is 0 Å². The highest BCUT2D eigenvalue weighted by Crippen LogP contribution is 2.34. The van der Waals surface area contributed by atoms with Gasteiger partial charge in [0, 0.05) is 25.2 Å². The van der Waals surface area contributed by atoms with Crippen LogP contribution < -0.4 is 11.4 Å². The number of hydrogen-bond acceptors (Lipinski definition) is 3. The maximum atomic E-state index is 12.0. The highest BCUT2D eigenvalue weighted by Gasteiger charge is 2.32. The van der Waals surface area contributed by atoms with Gasteiger partial charge in [-0.3, -0.25) is 9.13 Å². The van der Waals surface area contributed by atoms with Gasteiger partial charge in [-0.2, -0.15) is 0 Å². The van der Waals surface area contributed by atoms with E-state index < -0.39 is 0 Å². The molecule has 0 aliphatic carbocycles. The van der Waals surface area contributed by atoms with Crippen molar-refractivity contribution in [1.29, 1.82) is 0 Å². The SMILES string of the molecule is CC1CCOC1C(N)c1cc2c(cc1Br)n(C)c(=O)n2C. The summed E-state index contributed by atoms with van der Waals surface area (Å²) in [5.41, 5.74) is 9.17. The lowest BCUT2D eigenvalue weighted by Crippen LogP contribution is -2.30. The molecule has 0 radical (unpaired) electrons. The van der Waals surface area contributed by atoms with Crippen molar-refractivity contribution >= 4 is 27.0 Å². The minimum Gasteiger partial charge on any atom is -0.376 e. The van der Waals surface area contributed by atoms with Gasteiger partial charge in [-0.25, -0.2) is 4.79 Å². The first kappa shape index (κ1) is 14.8. The first-order valence-corrected chi connectivity index (χ1v) is 7.93. The Bertz CT molecular complexity index is 749. The van der Waals surface area contributed by atoms with Crippen LogP contribution in [0.1, 0.15) is 24.9 Å². The Kier molecular flexibility index (Phi) is 3.71. The molecule has 6 heteroatoms. The Balaban J connectivity index is 2.13. The predicted octanol–water partition coefficient (Wildman–Crippen LogP) is 2.06. The molecule has 21 heavy (non-hydrogen) atoms. The van der Waals surface area contributed by atoms with E-state index in [1.807, 2.05) is 12.1 Å². The van der Waals surface area contributed by atoms with Crippen molar-refractivity contribution in [3.8, 4) is 0 Å². The van der Waals surface area contributed by atoms with Gasteiger partial charge in [-0.1, -0.05) is 22.9 Å². The third-order valence-corrected chi connectivity index (χ3v) is 5.23. The maximum absolute atomic E-state index is 12.0. The molecule has 3 unspecified atom stereocenters. The molecule has 3 atom stereocenters. The number of rotatable bonds is 2. The highest BCUT2D eigenvalue weighted by atomic mass is 79.9. The van der Waals surface area contributed by atoms with E-state index >= 15 is 0 Å². The van der Waals surface area contributed by atoms with E-state index in [0.717, 1.165) is 34.1 Å². The molecule has 114 valence electrons. The summed E-state index contributed by atoms with van der Waals surface area (Å²) >= 11 is 3.59. The number of nitrogens with zero attached hydrogens (tertiary/aromatic N) is 2. The van der Waals surface area contributed by atoms with E-state index in [-0.39, 0.29) is 17.8 Å². The van der Waals surface area contributed by atoms with Crippen LogP contribution in [0.3, 0.4) is 0 Å². The summed E-state index contributed by atoms with van der Waals surface area (Å²) in [6, 6.07) is 3.77. The summed E-state index contributed by atoms with van der Waals surface area (Å²) in [5, 5.41) is 0. The molecule has 0 saturated carbocycles. The largest absolute Gasteiger partial charge is 0.376 e. The lowest BCUT2D eigenvalue weighted by atomic mass is 9.93. The zero-order chi connectivity index (χ0) is 15.3. The van der Waals surface area contributed by atoms with Crippen molar-refractivity contribution in [2.75, 3.05) is 6.61 Å². The maximum Gasteiger partial charge on any atom is 0.328 e. The van der Waals surface area contributed by atoms with Crippen molar-refractivity contribution in [2.24, 2.45) is 25.7 Å². The molecule has 1 aliphatic rings. The minimum absolute atomic E-state index is 0.0273. The van der Waals surface area contributed by atoms with Crippen molar-refractivity contribution in [3.05, 3.63) is 32.7 Å². The van der Waals surface area contributed by atoms with Crippen molar-refractivity contribution in [2.45, 2.75) is 25.5 Å². The second kappa shape index (κ2) is 5.26. The van der Waals surface area contributed by atoms with Crippen LogP contribution in [-0.2, 0) is 18.8 Å². The van der Waals surface area contributed by atoms with Gasteiger partial charge in [0.2, 0.25) is 0 Å². The number of nitrogens with two attached hydrogens (primary N) is 1. The summed E-state index contributed by atoms with van der Waals surface area (Å²) in [4.78, 5) is 12.0. The molecule has 1 aliphatic heterocycles. The molecule has 1 saturated heterocycles. The number of benzene rings is 1. The number of aryl methyl sites for hydroxylation is 2. The van der Waals surface area contributed by atoms with Gasteiger partial charge in [-0.05, 0) is 30.0 Å². The summed E-state index contributed by atoms with van der Waals surface area (Å²) in [5.74, 6) is 0.446. The first-order chi connectivity index (χ1) is 9.91. The Hall–Kier alpha value is -1.11. The van der Waals surface area contributed by atoms with Crippen LogP contribution in [0.15, 0.2) is 21.4 Å². The number of imidazole rings is 1. The third kappa shape index (κ3) is 2.25. The van der Waals surface area contributed by atoms with Crippen LogP contribution in [0.2, 0.25) is 0 Å². The van der Waals surface area contributed by atoms with Crippen molar-refractivity contribution < 1.29 is 4.74 Å². The molecule has 3 rings (SSSR count). The van der Waals surface area contributed by atoms with E-state index in [1.54, 1.807) is 23.2 Å². The van der Waals surface area contributed by atoms with E-state index in [9.17, 15) is 4.79 Å². The van der Waals surface area contributed by atoms with Gasteiger partial charge in [0.05, 0.1) is 23.2 Å². The van der Waals surface area contributed by atoms with Crippen LogP contribution in [0.4, 0.5) is 0 Å². The average molecular weight is 354 g/mol. The second-order valence-corrected chi connectivity index (χ2v) is 6.74. The van der Waals surface area contributed by atoms with Gasteiger partial charge in [0.1, 0.15) is 0 Å². The number of ether oxygens (including phenoxy) is 1. The molecule has 2 aromatic rings. The Morgan fingerprint density at radius 1 is 1.33 bits per heavy atom. The van der Waals surface area contributed by atoms with Crippen LogP contribution in [0.25, 0.3) is 11.0 Å². The Morgan fingerprint density at radius 2 is 1.95 bits per heavy atom. The molecule has 0 spiro atoms. The highest BCUT2D eigenvalue weighted by molar-refractivity contribution is 9.10. The van der Waals surface area contributed by atoms with Crippen LogP contribution in [0, 0.1) is 5.92 Å². The summed E-state index contributed by atoms with van der Waals surface area (Å²) in [7, 11) is 3.56. The fourth-order valence-electron chi connectivity index (χ4n) is 3.14. The molecule has 0 amide bonds. The normalized spacial score (nSPS) is 23.9. The Labute approximate surface area is 131 Å². The molecule has 5 nitrogen and oxygen atoms in total. The molecule has 2 heterocycles. The number of fused-ring (bicyclic) bond motifs is 1. The summed E-state index contributed by atoms with van der Waals surface area (Å²) in [6.45, 7) is 2.94.